The van der Waals surface area contributed by atoms with E-state index in [1.807, 2.05) is 0 Å². The summed E-state index contributed by atoms with van der Waals surface area (Å²) in [5.41, 5.74) is -0.575. The number of hydrogen-bond acceptors (Lipinski definition) is 4. The highest BCUT2D eigenvalue weighted by molar-refractivity contribution is 6.11. The Kier molecular flexibility index (Phi) is 4.20. The SMILES string of the molecule is CC1(C2CC2)NC(=O)N(CC(=O)N(CC(=O)O)c2ccccc2)C1=O. The number of amides is 4. The molecule has 0 bridgehead atoms. The van der Waals surface area contributed by atoms with Crippen LogP contribution in [-0.2, 0) is 14.4 Å². The zero-order valence-electron chi connectivity index (χ0n) is 13.8. The van der Waals surface area contributed by atoms with Gasteiger partial charge in [0.15, 0.2) is 0 Å². The number of hydrogen-bond donors (Lipinski definition) is 2. The fourth-order valence-corrected chi connectivity index (χ4v) is 3.08. The second kappa shape index (κ2) is 6.19. The Morgan fingerprint density at radius 3 is 2.48 bits per heavy atom. The summed E-state index contributed by atoms with van der Waals surface area (Å²) in [5, 5.41) is 11.7. The molecule has 0 radical (unpaired) electrons. The van der Waals surface area contributed by atoms with E-state index < -0.39 is 42.4 Å². The quantitative estimate of drug-likeness (QED) is 0.743. The molecule has 8 nitrogen and oxygen atoms in total. The molecule has 1 unspecified atom stereocenters. The first-order chi connectivity index (χ1) is 11.8. The Balaban J connectivity index is 1.78. The van der Waals surface area contributed by atoms with Crippen molar-refractivity contribution in [3.8, 4) is 0 Å². The minimum Gasteiger partial charge on any atom is -0.480 e. The third-order valence-corrected chi connectivity index (χ3v) is 4.65. The largest absolute Gasteiger partial charge is 0.480 e. The van der Waals surface area contributed by atoms with Gasteiger partial charge < -0.3 is 10.4 Å². The van der Waals surface area contributed by atoms with Crippen molar-refractivity contribution in [1.82, 2.24) is 10.2 Å². The van der Waals surface area contributed by atoms with Crippen molar-refractivity contribution in [2.24, 2.45) is 5.92 Å². The number of anilines is 1. The lowest BCUT2D eigenvalue weighted by Crippen LogP contribution is -2.48. The van der Waals surface area contributed by atoms with Gasteiger partial charge >= 0.3 is 12.0 Å². The first kappa shape index (κ1) is 16.9. The Morgan fingerprint density at radius 1 is 1.28 bits per heavy atom. The molecule has 2 fully saturated rings. The van der Waals surface area contributed by atoms with Crippen LogP contribution in [0.3, 0.4) is 0 Å². The van der Waals surface area contributed by atoms with Crippen LogP contribution in [0.4, 0.5) is 10.5 Å². The van der Waals surface area contributed by atoms with Crippen molar-refractivity contribution in [3.63, 3.8) is 0 Å². The average Bonchev–Trinajstić information content (AvgIpc) is 3.39. The van der Waals surface area contributed by atoms with Crippen molar-refractivity contribution in [3.05, 3.63) is 30.3 Å². The van der Waals surface area contributed by atoms with E-state index >= 15 is 0 Å². The zero-order chi connectivity index (χ0) is 18.2. The van der Waals surface area contributed by atoms with Crippen molar-refractivity contribution in [2.45, 2.75) is 25.3 Å². The van der Waals surface area contributed by atoms with E-state index in [2.05, 4.69) is 5.32 Å². The third-order valence-electron chi connectivity index (χ3n) is 4.65. The number of nitrogens with one attached hydrogen (secondary N) is 1. The number of carbonyl (C=O) groups excluding carboxylic acids is 3. The summed E-state index contributed by atoms with van der Waals surface area (Å²) >= 11 is 0. The third kappa shape index (κ3) is 3.19. The van der Waals surface area contributed by atoms with Gasteiger partial charge in [-0.05, 0) is 37.8 Å². The van der Waals surface area contributed by atoms with Crippen molar-refractivity contribution in [1.29, 1.82) is 0 Å². The minimum absolute atomic E-state index is 0.0910. The molecule has 25 heavy (non-hydrogen) atoms. The Bertz CT molecular complexity index is 731. The van der Waals surface area contributed by atoms with E-state index in [1.165, 1.54) is 0 Å². The molecule has 1 saturated carbocycles. The number of aliphatic carboxylic acids is 1. The molecule has 8 heteroatoms. The average molecular weight is 345 g/mol. The summed E-state index contributed by atoms with van der Waals surface area (Å²) < 4.78 is 0. The van der Waals surface area contributed by atoms with Crippen LogP contribution in [0.5, 0.6) is 0 Å². The molecule has 1 atom stereocenters. The molecule has 1 aliphatic carbocycles. The summed E-state index contributed by atoms with van der Waals surface area (Å²) in [6.45, 7) is 0.628. The molecule has 0 spiro atoms. The molecular weight excluding hydrogens is 326 g/mol. The number of nitrogens with zero attached hydrogens (tertiary/aromatic N) is 2. The molecule has 1 heterocycles. The lowest BCUT2D eigenvalue weighted by atomic mass is 9.96. The van der Waals surface area contributed by atoms with Gasteiger partial charge in [0.25, 0.3) is 5.91 Å². The Hall–Kier alpha value is -2.90. The minimum atomic E-state index is -1.18. The van der Waals surface area contributed by atoms with E-state index in [0.717, 1.165) is 22.6 Å². The molecule has 0 aromatic heterocycles. The lowest BCUT2D eigenvalue weighted by Gasteiger charge is -2.24. The van der Waals surface area contributed by atoms with Crippen LogP contribution in [0, 0.1) is 5.92 Å². The van der Waals surface area contributed by atoms with Gasteiger partial charge in [-0.25, -0.2) is 4.79 Å². The molecule has 2 N–H and O–H groups in total. The van der Waals surface area contributed by atoms with Crippen LogP contribution < -0.4 is 10.2 Å². The maximum absolute atomic E-state index is 12.6. The van der Waals surface area contributed by atoms with Crippen molar-refractivity contribution < 1.29 is 24.3 Å². The highest BCUT2D eigenvalue weighted by Gasteiger charge is 2.56. The van der Waals surface area contributed by atoms with E-state index in [-0.39, 0.29) is 5.92 Å². The van der Waals surface area contributed by atoms with Crippen LogP contribution >= 0.6 is 0 Å². The van der Waals surface area contributed by atoms with E-state index in [1.54, 1.807) is 37.3 Å². The predicted octanol–water partition coefficient (Wildman–Crippen LogP) is 0.825. The van der Waals surface area contributed by atoms with Gasteiger partial charge in [0.05, 0.1) is 0 Å². The topological polar surface area (TPSA) is 107 Å². The highest BCUT2D eigenvalue weighted by atomic mass is 16.4. The Labute approximate surface area is 144 Å². The van der Waals surface area contributed by atoms with Crippen LogP contribution in [-0.4, -0.2) is 52.4 Å². The Morgan fingerprint density at radius 2 is 1.92 bits per heavy atom. The molecule has 2 aliphatic rings. The van der Waals surface area contributed by atoms with E-state index in [4.69, 9.17) is 5.11 Å². The summed E-state index contributed by atoms with van der Waals surface area (Å²) in [7, 11) is 0. The van der Waals surface area contributed by atoms with Gasteiger partial charge in [-0.1, -0.05) is 18.2 Å². The molecule has 3 rings (SSSR count). The number of imide groups is 1. The first-order valence-corrected chi connectivity index (χ1v) is 8.04. The second-order valence-corrected chi connectivity index (χ2v) is 6.51. The summed E-state index contributed by atoms with van der Waals surface area (Å²) in [6, 6.07) is 7.68. The second-order valence-electron chi connectivity index (χ2n) is 6.51. The van der Waals surface area contributed by atoms with E-state index in [0.29, 0.717) is 5.69 Å². The number of carboxylic acid groups (broad SMARTS) is 1. The first-order valence-electron chi connectivity index (χ1n) is 8.04. The molecule has 1 aliphatic heterocycles. The maximum Gasteiger partial charge on any atom is 0.325 e. The number of carbonyl (C=O) groups is 4. The van der Waals surface area contributed by atoms with Gasteiger partial charge in [-0.2, -0.15) is 0 Å². The number of carboxylic acids is 1. The molecule has 1 aromatic carbocycles. The molecule has 132 valence electrons. The van der Waals surface area contributed by atoms with Gasteiger partial charge in [0.1, 0.15) is 18.6 Å². The lowest BCUT2D eigenvalue weighted by molar-refractivity contribution is -0.137. The molecule has 4 amide bonds. The van der Waals surface area contributed by atoms with Gasteiger partial charge in [-0.15, -0.1) is 0 Å². The van der Waals surface area contributed by atoms with Gasteiger partial charge in [0.2, 0.25) is 5.91 Å². The van der Waals surface area contributed by atoms with Crippen LogP contribution in [0.25, 0.3) is 0 Å². The highest BCUT2D eigenvalue weighted by Crippen LogP contribution is 2.42. The zero-order valence-corrected chi connectivity index (χ0v) is 13.8. The fourth-order valence-electron chi connectivity index (χ4n) is 3.08. The summed E-state index contributed by atoms with van der Waals surface area (Å²) in [4.78, 5) is 50.4. The maximum atomic E-state index is 12.6. The standard InChI is InChI=1S/C17H19N3O5/c1-17(11-7-8-11)15(24)20(16(25)18-17)9-13(21)19(10-14(22)23)12-5-3-2-4-6-12/h2-6,11H,7-10H2,1H3,(H,18,25)(H,22,23). The monoisotopic (exact) mass is 345 g/mol. The predicted molar refractivity (Wildman–Crippen MR) is 87.8 cm³/mol. The molecule has 1 aromatic rings. The number of urea groups is 1. The van der Waals surface area contributed by atoms with Crippen LogP contribution in [0.2, 0.25) is 0 Å². The number of benzene rings is 1. The summed E-state index contributed by atoms with van der Waals surface area (Å²) in [5.74, 6) is -2.15. The fraction of sp³-hybridized carbons (Fsp3) is 0.412. The van der Waals surface area contributed by atoms with Gasteiger partial charge in [-0.3, -0.25) is 24.2 Å². The number of rotatable bonds is 6. The van der Waals surface area contributed by atoms with Crippen molar-refractivity contribution in [2.75, 3.05) is 18.0 Å². The normalized spacial score (nSPS) is 22.7. The molecular formula is C17H19N3O5. The smallest absolute Gasteiger partial charge is 0.325 e. The number of para-hydroxylation sites is 1. The summed E-state index contributed by atoms with van der Waals surface area (Å²) in [6.07, 6.45) is 1.72. The van der Waals surface area contributed by atoms with Crippen LogP contribution in [0.15, 0.2) is 30.3 Å². The van der Waals surface area contributed by atoms with Crippen molar-refractivity contribution >= 4 is 29.5 Å². The van der Waals surface area contributed by atoms with Gasteiger partial charge in [0, 0.05) is 5.69 Å². The molecule has 1 saturated heterocycles. The van der Waals surface area contributed by atoms with E-state index in [9.17, 15) is 19.2 Å². The van der Waals surface area contributed by atoms with Crippen LogP contribution in [0.1, 0.15) is 19.8 Å².